The number of benzene rings is 2. The third-order valence-corrected chi connectivity index (χ3v) is 3.79. The van der Waals surface area contributed by atoms with Crippen molar-refractivity contribution in [2.45, 2.75) is 25.7 Å². The van der Waals surface area contributed by atoms with Crippen LogP contribution < -0.4 is 5.73 Å². The van der Waals surface area contributed by atoms with Crippen molar-refractivity contribution < 1.29 is 0 Å². The van der Waals surface area contributed by atoms with Crippen LogP contribution in [0.15, 0.2) is 47.5 Å². The van der Waals surface area contributed by atoms with E-state index < -0.39 is 0 Å². The second-order valence-electron chi connectivity index (χ2n) is 5.02. The topological polar surface area (TPSA) is 38.4 Å². The smallest absolute Gasteiger partial charge is 0.103 e. The van der Waals surface area contributed by atoms with Crippen LogP contribution in [0.2, 0.25) is 0 Å². The normalized spacial score (nSPS) is 17.4. The van der Waals surface area contributed by atoms with Crippen molar-refractivity contribution >= 4 is 22.3 Å². The van der Waals surface area contributed by atoms with Gasteiger partial charge in [0.2, 0.25) is 0 Å². The molecule has 2 heteroatoms. The van der Waals surface area contributed by atoms with Gasteiger partial charge in [-0.1, -0.05) is 49.2 Å². The molecule has 0 spiro atoms. The van der Waals surface area contributed by atoms with E-state index >= 15 is 0 Å². The lowest BCUT2D eigenvalue weighted by Crippen LogP contribution is -2.20. The molecule has 2 nitrogen and oxygen atoms in total. The molecular formula is C16H18N2. The quantitative estimate of drug-likeness (QED) is 0.623. The lowest BCUT2D eigenvalue weighted by molar-refractivity contribution is 0.722. The van der Waals surface area contributed by atoms with Gasteiger partial charge >= 0.3 is 0 Å². The van der Waals surface area contributed by atoms with Crippen molar-refractivity contribution in [3.05, 3.63) is 42.5 Å². The highest BCUT2D eigenvalue weighted by molar-refractivity contribution is 5.96. The van der Waals surface area contributed by atoms with Crippen LogP contribution >= 0.6 is 0 Å². The van der Waals surface area contributed by atoms with Gasteiger partial charge in [0, 0.05) is 11.3 Å². The first-order valence-electron chi connectivity index (χ1n) is 6.66. The van der Waals surface area contributed by atoms with E-state index in [1.807, 2.05) is 18.2 Å². The highest BCUT2D eigenvalue weighted by Gasteiger charge is 2.18. The molecule has 0 amide bonds. The molecule has 2 aromatic carbocycles. The van der Waals surface area contributed by atoms with Crippen molar-refractivity contribution in [2.75, 3.05) is 0 Å². The van der Waals surface area contributed by atoms with E-state index in [2.05, 4.69) is 29.3 Å². The molecule has 1 aliphatic carbocycles. The maximum Gasteiger partial charge on any atom is 0.103 e. The summed E-state index contributed by atoms with van der Waals surface area (Å²) in [6.07, 6.45) is 4.97. The zero-order valence-corrected chi connectivity index (χ0v) is 10.5. The Kier molecular flexibility index (Phi) is 3.01. The standard InChI is InChI=1S/C16H18N2/c17-16(13-7-1-2-8-13)18-15-11-5-9-12-6-3-4-10-14(12)15/h3-6,9-11,13H,1-2,7-8H2,(H2,17,18). The summed E-state index contributed by atoms with van der Waals surface area (Å²) in [6, 6.07) is 14.5. The molecule has 2 aromatic rings. The predicted octanol–water partition coefficient (Wildman–Crippen LogP) is 4.02. The zero-order chi connectivity index (χ0) is 12.4. The number of amidine groups is 1. The molecule has 0 heterocycles. The van der Waals surface area contributed by atoms with Crippen molar-refractivity contribution in [1.82, 2.24) is 0 Å². The van der Waals surface area contributed by atoms with Gasteiger partial charge in [0.05, 0.1) is 5.69 Å². The average molecular weight is 238 g/mol. The molecule has 0 unspecified atom stereocenters. The summed E-state index contributed by atoms with van der Waals surface area (Å²) in [5.74, 6) is 1.30. The molecule has 0 bridgehead atoms. The third kappa shape index (κ3) is 2.10. The highest BCUT2D eigenvalue weighted by Crippen LogP contribution is 2.29. The van der Waals surface area contributed by atoms with Crippen LogP contribution in [0.5, 0.6) is 0 Å². The van der Waals surface area contributed by atoms with Gasteiger partial charge < -0.3 is 5.73 Å². The van der Waals surface area contributed by atoms with Gasteiger partial charge in [-0.2, -0.15) is 0 Å². The van der Waals surface area contributed by atoms with Gasteiger partial charge in [-0.25, -0.2) is 4.99 Å². The van der Waals surface area contributed by atoms with Gasteiger partial charge in [-0.15, -0.1) is 0 Å². The summed E-state index contributed by atoms with van der Waals surface area (Å²) in [5, 5.41) is 2.40. The molecule has 0 radical (unpaired) electrons. The Morgan fingerprint density at radius 3 is 2.56 bits per heavy atom. The van der Waals surface area contributed by atoms with Crippen molar-refractivity contribution in [2.24, 2.45) is 16.6 Å². The Bertz CT molecular complexity index is 575. The Morgan fingerprint density at radius 1 is 1.00 bits per heavy atom. The van der Waals surface area contributed by atoms with Crippen LogP contribution in [0, 0.1) is 5.92 Å². The van der Waals surface area contributed by atoms with Gasteiger partial charge in [-0.3, -0.25) is 0 Å². The van der Waals surface area contributed by atoms with E-state index in [4.69, 9.17) is 5.73 Å². The first kappa shape index (κ1) is 11.3. The molecule has 18 heavy (non-hydrogen) atoms. The molecule has 3 rings (SSSR count). The second kappa shape index (κ2) is 4.81. The molecule has 0 saturated heterocycles. The van der Waals surface area contributed by atoms with E-state index in [1.54, 1.807) is 0 Å². The first-order chi connectivity index (χ1) is 8.84. The van der Waals surface area contributed by atoms with Gasteiger partial charge in [0.15, 0.2) is 0 Å². The van der Waals surface area contributed by atoms with E-state index in [0.29, 0.717) is 5.92 Å². The Morgan fingerprint density at radius 2 is 1.72 bits per heavy atom. The SMILES string of the molecule is NC(=Nc1cccc2ccccc12)C1CCCC1. The Labute approximate surface area is 108 Å². The minimum absolute atomic E-state index is 0.490. The summed E-state index contributed by atoms with van der Waals surface area (Å²) in [4.78, 5) is 4.66. The number of aliphatic imine (C=N–C) groups is 1. The summed E-state index contributed by atoms with van der Waals surface area (Å²) < 4.78 is 0. The summed E-state index contributed by atoms with van der Waals surface area (Å²) >= 11 is 0. The van der Waals surface area contributed by atoms with Crippen LogP contribution in [-0.4, -0.2) is 5.84 Å². The van der Waals surface area contributed by atoms with E-state index in [0.717, 1.165) is 11.5 Å². The van der Waals surface area contributed by atoms with E-state index in [-0.39, 0.29) is 0 Å². The number of fused-ring (bicyclic) bond motifs is 1. The van der Waals surface area contributed by atoms with Crippen molar-refractivity contribution in [3.8, 4) is 0 Å². The molecule has 1 fully saturated rings. The number of hydrogen-bond donors (Lipinski definition) is 1. The monoisotopic (exact) mass is 238 g/mol. The highest BCUT2D eigenvalue weighted by atomic mass is 14.9. The van der Waals surface area contributed by atoms with Crippen molar-refractivity contribution in [3.63, 3.8) is 0 Å². The molecular weight excluding hydrogens is 220 g/mol. The lowest BCUT2D eigenvalue weighted by atomic mass is 10.1. The van der Waals surface area contributed by atoms with Gasteiger partial charge in [-0.05, 0) is 24.3 Å². The average Bonchev–Trinajstić information content (AvgIpc) is 2.93. The fourth-order valence-electron chi connectivity index (χ4n) is 2.76. The first-order valence-corrected chi connectivity index (χ1v) is 6.66. The van der Waals surface area contributed by atoms with Crippen LogP contribution in [-0.2, 0) is 0 Å². The fourth-order valence-corrected chi connectivity index (χ4v) is 2.76. The Hall–Kier alpha value is -1.83. The van der Waals surface area contributed by atoms with Crippen LogP contribution in [0.1, 0.15) is 25.7 Å². The fraction of sp³-hybridized carbons (Fsp3) is 0.312. The molecule has 1 aliphatic rings. The number of nitrogens with two attached hydrogens (primary N) is 1. The number of hydrogen-bond acceptors (Lipinski definition) is 1. The molecule has 0 atom stereocenters. The minimum Gasteiger partial charge on any atom is -0.387 e. The molecule has 0 aromatic heterocycles. The summed E-state index contributed by atoms with van der Waals surface area (Å²) in [7, 11) is 0. The van der Waals surface area contributed by atoms with Crippen LogP contribution in [0.3, 0.4) is 0 Å². The number of nitrogens with zero attached hydrogens (tertiary/aromatic N) is 1. The Balaban J connectivity index is 2.01. The minimum atomic E-state index is 0.490. The van der Waals surface area contributed by atoms with Crippen LogP contribution in [0.4, 0.5) is 5.69 Å². The molecule has 92 valence electrons. The number of rotatable bonds is 2. The second-order valence-corrected chi connectivity index (χ2v) is 5.02. The lowest BCUT2D eigenvalue weighted by Gasteiger charge is -2.09. The zero-order valence-electron chi connectivity index (χ0n) is 10.5. The third-order valence-electron chi connectivity index (χ3n) is 3.79. The maximum absolute atomic E-state index is 6.15. The molecule has 1 saturated carbocycles. The largest absolute Gasteiger partial charge is 0.387 e. The van der Waals surface area contributed by atoms with Crippen LogP contribution in [0.25, 0.3) is 10.8 Å². The van der Waals surface area contributed by atoms with E-state index in [1.165, 1.54) is 36.5 Å². The predicted molar refractivity (Wildman–Crippen MR) is 77.2 cm³/mol. The summed E-state index contributed by atoms with van der Waals surface area (Å²) in [5.41, 5.74) is 7.15. The van der Waals surface area contributed by atoms with Crippen molar-refractivity contribution in [1.29, 1.82) is 0 Å². The van der Waals surface area contributed by atoms with E-state index in [9.17, 15) is 0 Å². The molecule has 0 aliphatic heterocycles. The summed E-state index contributed by atoms with van der Waals surface area (Å²) in [6.45, 7) is 0. The van der Waals surface area contributed by atoms with Gasteiger partial charge in [0.1, 0.15) is 5.84 Å². The molecule has 2 N–H and O–H groups in total. The maximum atomic E-state index is 6.15. The van der Waals surface area contributed by atoms with Gasteiger partial charge in [0.25, 0.3) is 0 Å².